The van der Waals surface area contributed by atoms with E-state index in [2.05, 4.69) is 21.3 Å². The van der Waals surface area contributed by atoms with Gasteiger partial charge in [-0.05, 0) is 31.7 Å². The number of carbonyl (C=O) groups is 5. The highest BCUT2D eigenvalue weighted by atomic mass is 16.4. The van der Waals surface area contributed by atoms with Crippen molar-refractivity contribution in [2.75, 3.05) is 13.1 Å². The van der Waals surface area contributed by atoms with Crippen molar-refractivity contribution in [2.24, 2.45) is 11.7 Å². The van der Waals surface area contributed by atoms with Gasteiger partial charge in [0.2, 0.25) is 23.6 Å². The topological polar surface area (TPSA) is 180 Å². The molecule has 3 unspecified atom stereocenters. The first kappa shape index (κ1) is 23.3. The number of carbonyl (C=O) groups excluding carboxylic acids is 4. The monoisotopic (exact) mass is 399 g/mol. The Balaban J connectivity index is 2.58. The van der Waals surface area contributed by atoms with Crippen LogP contribution in [0.5, 0.6) is 0 Å². The lowest BCUT2D eigenvalue weighted by molar-refractivity contribution is -0.143. The Bertz CT molecular complexity index is 603. The quantitative estimate of drug-likeness (QED) is 0.229. The van der Waals surface area contributed by atoms with Crippen LogP contribution in [-0.2, 0) is 24.0 Å². The van der Waals surface area contributed by atoms with Crippen LogP contribution in [-0.4, -0.2) is 65.9 Å². The Labute approximate surface area is 163 Å². The lowest BCUT2D eigenvalue weighted by atomic mass is 10.0. The van der Waals surface area contributed by atoms with Crippen molar-refractivity contribution in [3.8, 4) is 0 Å². The molecule has 11 heteroatoms. The molecule has 1 aliphatic rings. The van der Waals surface area contributed by atoms with Crippen molar-refractivity contribution < 1.29 is 29.1 Å². The van der Waals surface area contributed by atoms with Gasteiger partial charge < -0.3 is 32.1 Å². The van der Waals surface area contributed by atoms with Crippen LogP contribution in [0, 0.1) is 5.92 Å². The highest BCUT2D eigenvalue weighted by molar-refractivity contribution is 5.93. The molecule has 1 aliphatic heterocycles. The van der Waals surface area contributed by atoms with Gasteiger partial charge >= 0.3 is 5.97 Å². The van der Waals surface area contributed by atoms with Crippen molar-refractivity contribution in [3.05, 3.63) is 0 Å². The number of primary amides is 1. The molecule has 1 fully saturated rings. The standard InChI is InChI=1S/C17H29N5O6/c1-9(2)6-11(22-16(26)10-4-3-5-19-10)15(25)20-8-14(24)21-12(17(27)28)7-13(18)23/h9-12,19H,3-8H2,1-2H3,(H2,18,23)(H,20,25)(H,21,24)(H,22,26)(H,27,28). The highest BCUT2D eigenvalue weighted by Crippen LogP contribution is 2.08. The Kier molecular flexibility index (Phi) is 9.36. The van der Waals surface area contributed by atoms with E-state index >= 15 is 0 Å². The van der Waals surface area contributed by atoms with Gasteiger partial charge in [0.25, 0.3) is 0 Å². The second-order valence-electron chi connectivity index (χ2n) is 7.19. The second kappa shape index (κ2) is 11.2. The van der Waals surface area contributed by atoms with E-state index in [1.807, 2.05) is 13.8 Å². The normalized spacial score (nSPS) is 18.2. The molecule has 3 atom stereocenters. The number of carboxylic acids is 1. The smallest absolute Gasteiger partial charge is 0.326 e. The lowest BCUT2D eigenvalue weighted by Gasteiger charge is -2.22. The first-order valence-electron chi connectivity index (χ1n) is 9.22. The zero-order valence-corrected chi connectivity index (χ0v) is 16.1. The fraction of sp³-hybridized carbons (Fsp3) is 0.706. The van der Waals surface area contributed by atoms with E-state index in [4.69, 9.17) is 10.8 Å². The maximum Gasteiger partial charge on any atom is 0.326 e. The van der Waals surface area contributed by atoms with Crippen LogP contribution in [0.25, 0.3) is 0 Å². The van der Waals surface area contributed by atoms with E-state index in [1.165, 1.54) is 0 Å². The number of hydrogen-bond donors (Lipinski definition) is 6. The molecule has 0 spiro atoms. The molecule has 0 saturated carbocycles. The summed E-state index contributed by atoms with van der Waals surface area (Å²) in [5.41, 5.74) is 4.94. The molecule has 1 rings (SSSR count). The van der Waals surface area contributed by atoms with E-state index in [9.17, 15) is 24.0 Å². The molecule has 1 saturated heterocycles. The summed E-state index contributed by atoms with van der Waals surface area (Å²) in [6.07, 6.45) is 1.40. The van der Waals surface area contributed by atoms with Crippen molar-refractivity contribution in [1.29, 1.82) is 0 Å². The SMILES string of the molecule is CC(C)CC(NC(=O)C1CCCN1)C(=O)NCC(=O)NC(CC(N)=O)C(=O)O. The minimum atomic E-state index is -1.47. The maximum absolute atomic E-state index is 12.4. The summed E-state index contributed by atoms with van der Waals surface area (Å²) in [5.74, 6) is -3.76. The number of nitrogens with two attached hydrogens (primary N) is 1. The van der Waals surface area contributed by atoms with E-state index in [0.717, 1.165) is 13.0 Å². The van der Waals surface area contributed by atoms with Gasteiger partial charge in [0.05, 0.1) is 19.0 Å². The third-order valence-corrected chi connectivity index (χ3v) is 4.18. The molecule has 0 aromatic heterocycles. The number of nitrogens with one attached hydrogen (secondary N) is 4. The first-order valence-corrected chi connectivity index (χ1v) is 9.22. The van der Waals surface area contributed by atoms with Gasteiger partial charge in [0.1, 0.15) is 12.1 Å². The van der Waals surface area contributed by atoms with Gasteiger partial charge in [-0.25, -0.2) is 4.79 Å². The third-order valence-electron chi connectivity index (χ3n) is 4.18. The number of rotatable bonds is 11. The number of carboxylic acid groups (broad SMARTS) is 1. The Morgan fingerprint density at radius 1 is 1.14 bits per heavy atom. The first-order chi connectivity index (χ1) is 13.1. The van der Waals surface area contributed by atoms with Gasteiger partial charge in [0.15, 0.2) is 0 Å². The molecular formula is C17H29N5O6. The third kappa shape index (κ3) is 8.33. The van der Waals surface area contributed by atoms with Crippen LogP contribution in [0.1, 0.15) is 39.5 Å². The molecule has 1 heterocycles. The Hall–Kier alpha value is -2.69. The minimum Gasteiger partial charge on any atom is -0.480 e. The summed E-state index contributed by atoms with van der Waals surface area (Å²) in [7, 11) is 0. The zero-order chi connectivity index (χ0) is 21.3. The summed E-state index contributed by atoms with van der Waals surface area (Å²) in [5, 5.41) is 19.2. The average molecular weight is 399 g/mol. The van der Waals surface area contributed by atoms with E-state index < -0.39 is 48.7 Å². The van der Waals surface area contributed by atoms with Crippen LogP contribution in [0.2, 0.25) is 0 Å². The molecule has 28 heavy (non-hydrogen) atoms. The molecular weight excluding hydrogens is 370 g/mol. The highest BCUT2D eigenvalue weighted by Gasteiger charge is 2.28. The largest absolute Gasteiger partial charge is 0.480 e. The predicted octanol–water partition coefficient (Wildman–Crippen LogP) is -2.17. The van der Waals surface area contributed by atoms with E-state index in [-0.39, 0.29) is 17.9 Å². The Morgan fingerprint density at radius 2 is 1.82 bits per heavy atom. The van der Waals surface area contributed by atoms with Crippen molar-refractivity contribution >= 4 is 29.6 Å². The molecule has 0 aromatic carbocycles. The Morgan fingerprint density at radius 3 is 2.32 bits per heavy atom. The van der Waals surface area contributed by atoms with Gasteiger partial charge in [-0.15, -0.1) is 0 Å². The summed E-state index contributed by atoms with van der Waals surface area (Å²) in [6, 6.07) is -2.62. The van der Waals surface area contributed by atoms with Crippen LogP contribution in [0.3, 0.4) is 0 Å². The number of amides is 4. The molecule has 0 aliphatic carbocycles. The summed E-state index contributed by atoms with van der Waals surface area (Å²) in [4.78, 5) is 58.4. The predicted molar refractivity (Wildman–Crippen MR) is 98.8 cm³/mol. The van der Waals surface area contributed by atoms with Gasteiger partial charge in [-0.1, -0.05) is 13.8 Å². The van der Waals surface area contributed by atoms with Crippen LogP contribution >= 0.6 is 0 Å². The van der Waals surface area contributed by atoms with Gasteiger partial charge in [0, 0.05) is 0 Å². The number of hydrogen-bond acceptors (Lipinski definition) is 6. The second-order valence-corrected chi connectivity index (χ2v) is 7.19. The molecule has 0 bridgehead atoms. The summed E-state index contributed by atoms with van der Waals surface area (Å²) >= 11 is 0. The zero-order valence-electron chi connectivity index (χ0n) is 16.1. The van der Waals surface area contributed by atoms with E-state index in [0.29, 0.717) is 12.8 Å². The van der Waals surface area contributed by atoms with Crippen molar-refractivity contribution in [3.63, 3.8) is 0 Å². The fourth-order valence-corrected chi connectivity index (χ4v) is 2.82. The minimum absolute atomic E-state index is 0.119. The molecule has 158 valence electrons. The number of aliphatic carboxylic acids is 1. The van der Waals surface area contributed by atoms with Gasteiger partial charge in [-0.3, -0.25) is 19.2 Å². The van der Waals surface area contributed by atoms with E-state index in [1.54, 1.807) is 0 Å². The molecule has 4 amide bonds. The molecule has 0 aromatic rings. The van der Waals surface area contributed by atoms with Crippen molar-refractivity contribution in [2.45, 2.75) is 57.7 Å². The summed E-state index contributed by atoms with van der Waals surface area (Å²) in [6.45, 7) is 4.05. The molecule has 11 nitrogen and oxygen atoms in total. The lowest BCUT2D eigenvalue weighted by Crippen LogP contribution is -2.53. The van der Waals surface area contributed by atoms with Gasteiger partial charge in [-0.2, -0.15) is 0 Å². The summed E-state index contributed by atoms with van der Waals surface area (Å²) < 4.78 is 0. The maximum atomic E-state index is 12.4. The average Bonchev–Trinajstić information content (AvgIpc) is 3.12. The molecule has 7 N–H and O–H groups in total. The fourth-order valence-electron chi connectivity index (χ4n) is 2.82. The van der Waals surface area contributed by atoms with Crippen molar-refractivity contribution in [1.82, 2.24) is 21.3 Å². The molecule has 0 radical (unpaired) electrons. The van der Waals surface area contributed by atoms with Crippen LogP contribution in [0.15, 0.2) is 0 Å². The van der Waals surface area contributed by atoms with Crippen LogP contribution in [0.4, 0.5) is 0 Å². The van der Waals surface area contributed by atoms with Crippen LogP contribution < -0.4 is 27.0 Å².